The van der Waals surface area contributed by atoms with Crippen LogP contribution in [0.2, 0.25) is 0 Å². The number of nitrogens with one attached hydrogen (secondary N) is 1. The highest BCUT2D eigenvalue weighted by atomic mass is 32.2. The van der Waals surface area contributed by atoms with E-state index in [4.69, 9.17) is 0 Å². The van der Waals surface area contributed by atoms with Crippen molar-refractivity contribution in [1.29, 1.82) is 0 Å². The summed E-state index contributed by atoms with van der Waals surface area (Å²) in [5.74, 6) is -0.0535. The van der Waals surface area contributed by atoms with Gasteiger partial charge in [-0.2, -0.15) is 13.2 Å². The molecule has 0 bridgehead atoms. The number of thioether (sulfide) groups is 1. The van der Waals surface area contributed by atoms with E-state index in [0.717, 1.165) is 10.5 Å². The summed E-state index contributed by atoms with van der Waals surface area (Å²) in [7, 11) is 0. The van der Waals surface area contributed by atoms with Gasteiger partial charge in [0.25, 0.3) is 5.91 Å². The van der Waals surface area contributed by atoms with Crippen molar-refractivity contribution in [3.05, 3.63) is 59.7 Å². The van der Waals surface area contributed by atoms with E-state index in [2.05, 4.69) is 23.9 Å². The van der Waals surface area contributed by atoms with E-state index in [-0.39, 0.29) is 18.2 Å². The fourth-order valence-corrected chi connectivity index (χ4v) is 3.11. The molecule has 7 heteroatoms. The van der Waals surface area contributed by atoms with Gasteiger partial charge in [-0.05, 0) is 29.8 Å². The van der Waals surface area contributed by atoms with E-state index in [1.807, 2.05) is 18.2 Å². The largest absolute Gasteiger partial charge is 0.484 e. The van der Waals surface area contributed by atoms with Gasteiger partial charge in [0, 0.05) is 16.7 Å². The van der Waals surface area contributed by atoms with Gasteiger partial charge in [-0.3, -0.25) is 4.79 Å². The van der Waals surface area contributed by atoms with Gasteiger partial charge in [-0.15, -0.1) is 11.8 Å². The lowest BCUT2D eigenvalue weighted by atomic mass is 10.2. The topological polar surface area (TPSA) is 38.3 Å². The van der Waals surface area contributed by atoms with E-state index in [0.29, 0.717) is 10.8 Å². The maximum absolute atomic E-state index is 12.4. The van der Waals surface area contributed by atoms with Gasteiger partial charge in [-0.1, -0.05) is 38.1 Å². The SMILES string of the molecule is CC(C)Sc1ccccc1C(=O)NCc1ccc(OCC(F)(F)F)cc1. The second kappa shape index (κ2) is 8.98. The van der Waals surface area contributed by atoms with Crippen molar-refractivity contribution in [2.24, 2.45) is 0 Å². The molecule has 0 aliphatic heterocycles. The van der Waals surface area contributed by atoms with E-state index in [1.165, 1.54) is 12.1 Å². The van der Waals surface area contributed by atoms with Crippen LogP contribution in [0.5, 0.6) is 5.75 Å². The molecule has 26 heavy (non-hydrogen) atoms. The highest BCUT2D eigenvalue weighted by Gasteiger charge is 2.28. The molecule has 1 amide bonds. The number of amides is 1. The summed E-state index contributed by atoms with van der Waals surface area (Å²) in [5.41, 5.74) is 1.38. The lowest BCUT2D eigenvalue weighted by Gasteiger charge is -2.12. The Balaban J connectivity index is 1.93. The molecule has 1 N–H and O–H groups in total. The van der Waals surface area contributed by atoms with Crippen LogP contribution in [-0.2, 0) is 6.54 Å². The molecule has 0 radical (unpaired) electrons. The number of carbonyl (C=O) groups excluding carboxylic acids is 1. The number of hydrogen-bond acceptors (Lipinski definition) is 3. The summed E-state index contributed by atoms with van der Waals surface area (Å²) in [4.78, 5) is 13.3. The van der Waals surface area contributed by atoms with Gasteiger partial charge in [0.15, 0.2) is 6.61 Å². The van der Waals surface area contributed by atoms with Crippen molar-refractivity contribution in [1.82, 2.24) is 5.32 Å². The van der Waals surface area contributed by atoms with Crippen LogP contribution in [0.1, 0.15) is 29.8 Å². The number of halogens is 3. The Labute approximate surface area is 154 Å². The van der Waals surface area contributed by atoms with Gasteiger partial charge in [0.1, 0.15) is 5.75 Å². The van der Waals surface area contributed by atoms with Crippen LogP contribution in [0, 0.1) is 0 Å². The van der Waals surface area contributed by atoms with Gasteiger partial charge >= 0.3 is 6.18 Å². The summed E-state index contributed by atoms with van der Waals surface area (Å²) in [6, 6.07) is 13.5. The van der Waals surface area contributed by atoms with Crippen molar-refractivity contribution in [3.8, 4) is 5.75 Å². The molecule has 2 aromatic rings. The molecule has 0 aliphatic carbocycles. The molecule has 0 heterocycles. The van der Waals surface area contributed by atoms with Gasteiger partial charge in [0.2, 0.25) is 0 Å². The summed E-state index contributed by atoms with van der Waals surface area (Å²) in [5, 5.41) is 3.19. The fraction of sp³-hybridized carbons (Fsp3) is 0.316. The number of alkyl halides is 3. The zero-order valence-electron chi connectivity index (χ0n) is 14.5. The Bertz CT molecular complexity index is 730. The second-order valence-electron chi connectivity index (χ2n) is 5.89. The number of ether oxygens (including phenoxy) is 1. The van der Waals surface area contributed by atoms with Crippen molar-refractivity contribution in [2.75, 3.05) is 6.61 Å². The van der Waals surface area contributed by atoms with Crippen molar-refractivity contribution in [2.45, 2.75) is 36.7 Å². The molecule has 0 saturated carbocycles. The Morgan fingerprint density at radius 1 is 1.12 bits per heavy atom. The summed E-state index contributed by atoms with van der Waals surface area (Å²) >= 11 is 1.62. The van der Waals surface area contributed by atoms with Crippen LogP contribution >= 0.6 is 11.8 Å². The third-order valence-electron chi connectivity index (χ3n) is 3.27. The van der Waals surface area contributed by atoms with Crippen LogP contribution in [0.15, 0.2) is 53.4 Å². The van der Waals surface area contributed by atoms with Crippen LogP contribution in [0.25, 0.3) is 0 Å². The highest BCUT2D eigenvalue weighted by Crippen LogP contribution is 2.26. The summed E-state index contributed by atoms with van der Waals surface area (Å²) in [6.45, 7) is 3.07. The van der Waals surface area contributed by atoms with Crippen molar-refractivity contribution in [3.63, 3.8) is 0 Å². The first kappa shape index (κ1) is 20.2. The van der Waals surface area contributed by atoms with Gasteiger partial charge in [0.05, 0.1) is 5.56 Å². The highest BCUT2D eigenvalue weighted by molar-refractivity contribution is 8.00. The van der Waals surface area contributed by atoms with Crippen LogP contribution in [0.4, 0.5) is 13.2 Å². The maximum atomic E-state index is 12.4. The third-order valence-corrected chi connectivity index (χ3v) is 4.35. The van der Waals surface area contributed by atoms with Gasteiger partial charge in [-0.25, -0.2) is 0 Å². The van der Waals surface area contributed by atoms with E-state index >= 15 is 0 Å². The first-order valence-electron chi connectivity index (χ1n) is 8.07. The van der Waals surface area contributed by atoms with E-state index in [9.17, 15) is 18.0 Å². The fourth-order valence-electron chi connectivity index (χ4n) is 2.16. The summed E-state index contributed by atoms with van der Waals surface area (Å²) < 4.78 is 41.0. The number of rotatable bonds is 7. The Morgan fingerprint density at radius 2 is 1.77 bits per heavy atom. The molecule has 0 spiro atoms. The van der Waals surface area contributed by atoms with Crippen LogP contribution < -0.4 is 10.1 Å². The van der Waals surface area contributed by atoms with Crippen LogP contribution in [0.3, 0.4) is 0 Å². The van der Waals surface area contributed by atoms with Crippen LogP contribution in [-0.4, -0.2) is 23.9 Å². The van der Waals surface area contributed by atoms with E-state index < -0.39 is 12.8 Å². The van der Waals surface area contributed by atoms with E-state index in [1.54, 1.807) is 30.0 Å². The molecule has 0 fully saturated rings. The number of hydrogen-bond donors (Lipinski definition) is 1. The minimum absolute atomic E-state index is 0.135. The average molecular weight is 383 g/mol. The lowest BCUT2D eigenvalue weighted by Crippen LogP contribution is -2.23. The lowest BCUT2D eigenvalue weighted by molar-refractivity contribution is -0.153. The van der Waals surface area contributed by atoms with Gasteiger partial charge < -0.3 is 10.1 Å². The first-order chi connectivity index (χ1) is 12.2. The zero-order chi connectivity index (χ0) is 19.2. The Morgan fingerprint density at radius 3 is 2.38 bits per heavy atom. The normalized spacial score (nSPS) is 11.5. The molecular weight excluding hydrogens is 363 g/mol. The predicted molar refractivity (Wildman–Crippen MR) is 96.6 cm³/mol. The maximum Gasteiger partial charge on any atom is 0.422 e. The predicted octanol–water partition coefficient (Wildman–Crippen LogP) is 5.06. The Hall–Kier alpha value is -2.15. The first-order valence-corrected chi connectivity index (χ1v) is 8.95. The molecule has 0 atom stereocenters. The smallest absolute Gasteiger partial charge is 0.422 e. The minimum Gasteiger partial charge on any atom is -0.484 e. The molecule has 2 rings (SSSR count). The standard InChI is InChI=1S/C19H20F3NO2S/c1-13(2)26-17-6-4-3-5-16(17)18(24)23-11-14-7-9-15(10-8-14)25-12-19(20,21)22/h3-10,13H,11-12H2,1-2H3,(H,23,24). The molecule has 0 saturated heterocycles. The molecule has 140 valence electrons. The molecule has 2 aromatic carbocycles. The molecule has 3 nitrogen and oxygen atoms in total. The monoisotopic (exact) mass is 383 g/mol. The molecule has 0 aromatic heterocycles. The third kappa shape index (κ3) is 6.63. The molecular formula is C19H20F3NO2S. The Kier molecular flexibility index (Phi) is 6.97. The molecule has 0 aliphatic rings. The number of carbonyl (C=O) groups is 1. The average Bonchev–Trinajstić information content (AvgIpc) is 2.58. The second-order valence-corrected chi connectivity index (χ2v) is 7.51. The molecule has 0 unspecified atom stereocenters. The minimum atomic E-state index is -4.37. The number of benzene rings is 2. The van der Waals surface area contributed by atoms with Crippen molar-refractivity contribution < 1.29 is 22.7 Å². The zero-order valence-corrected chi connectivity index (χ0v) is 15.3. The summed E-state index contributed by atoms with van der Waals surface area (Å²) in [6.07, 6.45) is -4.37. The quantitative estimate of drug-likeness (QED) is 0.680. The van der Waals surface area contributed by atoms with Crippen molar-refractivity contribution >= 4 is 17.7 Å².